The van der Waals surface area contributed by atoms with E-state index in [1.807, 2.05) is 0 Å². The molecule has 0 aromatic heterocycles. The Morgan fingerprint density at radius 3 is 2.63 bits per heavy atom. The Balaban J connectivity index is 2.34. The molecule has 0 unspecified atom stereocenters. The van der Waals surface area contributed by atoms with Crippen molar-refractivity contribution in [3.63, 3.8) is 0 Å². The van der Waals surface area contributed by atoms with Gasteiger partial charge in [0.05, 0.1) is 5.56 Å². The number of carboxylic acids is 1. The number of phenolic OH excluding ortho intramolecular Hbond substituents is 1. The van der Waals surface area contributed by atoms with E-state index in [0.717, 1.165) is 6.07 Å². The van der Waals surface area contributed by atoms with Gasteiger partial charge in [-0.05, 0) is 30.9 Å². The number of aromatic carboxylic acids is 1. The quantitative estimate of drug-likeness (QED) is 0.776. The van der Waals surface area contributed by atoms with Crippen LogP contribution in [0.15, 0.2) is 12.1 Å². The zero-order valence-corrected chi connectivity index (χ0v) is 10.3. The van der Waals surface area contributed by atoms with E-state index < -0.39 is 23.6 Å². The molecule has 0 amide bonds. The molecular weight excluding hydrogens is 253 g/mol. The van der Waals surface area contributed by atoms with Crippen molar-refractivity contribution in [2.24, 2.45) is 11.7 Å². The first kappa shape index (κ1) is 13.8. The van der Waals surface area contributed by atoms with Crippen molar-refractivity contribution in [3.05, 3.63) is 29.1 Å². The average Bonchev–Trinajstić information content (AvgIpc) is 2.41. The van der Waals surface area contributed by atoms with Crippen LogP contribution in [0.3, 0.4) is 0 Å². The predicted molar refractivity (Wildman–Crippen MR) is 65.5 cm³/mol. The third-order valence-corrected chi connectivity index (χ3v) is 3.47. The lowest BCUT2D eigenvalue weighted by Gasteiger charge is -2.28. The summed E-state index contributed by atoms with van der Waals surface area (Å²) in [7, 11) is 0. The fourth-order valence-electron chi connectivity index (χ4n) is 2.33. The van der Waals surface area contributed by atoms with E-state index in [1.165, 1.54) is 6.07 Å². The van der Waals surface area contributed by atoms with E-state index in [1.54, 1.807) is 0 Å². The molecule has 19 heavy (non-hydrogen) atoms. The molecule has 5 nitrogen and oxygen atoms in total. The van der Waals surface area contributed by atoms with Gasteiger partial charge in [0, 0.05) is 24.8 Å². The molecule has 1 heterocycles. The van der Waals surface area contributed by atoms with Crippen LogP contribution in [0.5, 0.6) is 5.75 Å². The van der Waals surface area contributed by atoms with Crippen molar-refractivity contribution >= 4 is 5.97 Å². The molecule has 1 aromatic rings. The van der Waals surface area contributed by atoms with Gasteiger partial charge in [-0.3, -0.25) is 0 Å². The first-order valence-corrected chi connectivity index (χ1v) is 6.09. The summed E-state index contributed by atoms with van der Waals surface area (Å²) >= 11 is 0. The molecule has 1 fully saturated rings. The number of phenols is 1. The highest BCUT2D eigenvalue weighted by Gasteiger charge is 2.26. The molecule has 1 aliphatic heterocycles. The summed E-state index contributed by atoms with van der Waals surface area (Å²) in [6.07, 6.45) is 1.42. The Hall–Kier alpha value is -1.66. The van der Waals surface area contributed by atoms with E-state index in [0.29, 0.717) is 26.1 Å². The molecule has 0 saturated carbocycles. The Kier molecular flexibility index (Phi) is 4.01. The molecule has 0 bridgehead atoms. The molecule has 1 aromatic carbocycles. The minimum absolute atomic E-state index is 0.0445. The van der Waals surface area contributed by atoms with Gasteiger partial charge in [-0.1, -0.05) is 0 Å². The smallest absolute Gasteiger partial charge is 0.335 e. The zero-order valence-electron chi connectivity index (χ0n) is 10.3. The van der Waals surface area contributed by atoms with Crippen LogP contribution in [-0.4, -0.2) is 29.4 Å². The number of carboxylic acid groups (broad SMARTS) is 1. The van der Waals surface area contributed by atoms with Gasteiger partial charge in [0.2, 0.25) is 0 Å². The lowest BCUT2D eigenvalue weighted by molar-refractivity contribution is 0.0579. The molecule has 2 rings (SSSR count). The molecule has 0 spiro atoms. The first-order chi connectivity index (χ1) is 9.00. The van der Waals surface area contributed by atoms with Gasteiger partial charge in [0.15, 0.2) is 11.6 Å². The minimum Gasteiger partial charge on any atom is -0.505 e. The van der Waals surface area contributed by atoms with E-state index >= 15 is 0 Å². The predicted octanol–water partition coefficient (Wildman–Crippen LogP) is 1.66. The third kappa shape index (κ3) is 2.85. The number of halogens is 1. The minimum atomic E-state index is -1.25. The van der Waals surface area contributed by atoms with Crippen LogP contribution in [-0.2, 0) is 4.74 Å². The lowest BCUT2D eigenvalue weighted by Crippen LogP contribution is -2.27. The number of rotatable bonds is 3. The highest BCUT2D eigenvalue weighted by molar-refractivity contribution is 5.88. The zero-order chi connectivity index (χ0) is 14.0. The standard InChI is InChI=1S/C13H16FNO4/c14-10-6-8(13(17)18)5-9(12(10)16)11(15)7-1-3-19-4-2-7/h5-7,11,16H,1-4,15H2,(H,17,18)/t11-/m0/s1. The van der Waals surface area contributed by atoms with Gasteiger partial charge >= 0.3 is 5.97 Å². The molecule has 6 heteroatoms. The fraction of sp³-hybridized carbons (Fsp3) is 0.462. The summed E-state index contributed by atoms with van der Waals surface area (Å²) in [4.78, 5) is 10.9. The maximum Gasteiger partial charge on any atom is 0.335 e. The van der Waals surface area contributed by atoms with Gasteiger partial charge in [0.25, 0.3) is 0 Å². The van der Waals surface area contributed by atoms with Crippen LogP contribution >= 0.6 is 0 Å². The average molecular weight is 269 g/mol. The number of benzene rings is 1. The van der Waals surface area contributed by atoms with Gasteiger partial charge in [0.1, 0.15) is 0 Å². The van der Waals surface area contributed by atoms with E-state index in [4.69, 9.17) is 15.6 Å². The maximum atomic E-state index is 13.5. The number of ether oxygens (including phenoxy) is 1. The third-order valence-electron chi connectivity index (χ3n) is 3.47. The number of carbonyl (C=O) groups is 1. The summed E-state index contributed by atoms with van der Waals surface area (Å²) in [5.74, 6) is -2.73. The Bertz CT molecular complexity index is 486. The van der Waals surface area contributed by atoms with Crippen molar-refractivity contribution in [1.29, 1.82) is 0 Å². The monoisotopic (exact) mass is 269 g/mol. The van der Waals surface area contributed by atoms with Crippen LogP contribution < -0.4 is 5.73 Å². The van der Waals surface area contributed by atoms with Crippen LogP contribution in [0.1, 0.15) is 34.8 Å². The van der Waals surface area contributed by atoms with Gasteiger partial charge < -0.3 is 20.7 Å². The summed E-state index contributed by atoms with van der Waals surface area (Å²) in [5, 5.41) is 18.6. The van der Waals surface area contributed by atoms with Crippen molar-refractivity contribution in [1.82, 2.24) is 0 Å². The van der Waals surface area contributed by atoms with Crippen LogP contribution in [0.25, 0.3) is 0 Å². The van der Waals surface area contributed by atoms with Crippen molar-refractivity contribution < 1.29 is 24.1 Å². The topological polar surface area (TPSA) is 92.8 Å². The van der Waals surface area contributed by atoms with Crippen molar-refractivity contribution in [2.45, 2.75) is 18.9 Å². The molecule has 104 valence electrons. The van der Waals surface area contributed by atoms with Crippen LogP contribution in [0.2, 0.25) is 0 Å². The normalized spacial score (nSPS) is 18.2. The van der Waals surface area contributed by atoms with Gasteiger partial charge in [-0.15, -0.1) is 0 Å². The summed E-state index contributed by atoms with van der Waals surface area (Å²) in [6, 6.07) is 1.43. The highest BCUT2D eigenvalue weighted by Crippen LogP contribution is 2.35. The molecule has 0 aliphatic carbocycles. The second kappa shape index (κ2) is 5.54. The molecule has 1 saturated heterocycles. The van der Waals surface area contributed by atoms with E-state index in [-0.39, 0.29) is 17.0 Å². The maximum absolute atomic E-state index is 13.5. The molecule has 0 radical (unpaired) electrons. The number of nitrogens with two attached hydrogens (primary N) is 1. The second-order valence-corrected chi connectivity index (χ2v) is 4.68. The van der Waals surface area contributed by atoms with Crippen LogP contribution in [0.4, 0.5) is 4.39 Å². The summed E-state index contributed by atoms with van der Waals surface area (Å²) in [5.41, 5.74) is 5.96. The van der Waals surface area contributed by atoms with Crippen molar-refractivity contribution in [3.8, 4) is 5.75 Å². The van der Waals surface area contributed by atoms with Gasteiger partial charge in [-0.25, -0.2) is 9.18 Å². The molecule has 1 atom stereocenters. The molecular formula is C13H16FNO4. The molecule has 4 N–H and O–H groups in total. The largest absolute Gasteiger partial charge is 0.505 e. The Morgan fingerprint density at radius 2 is 2.05 bits per heavy atom. The lowest BCUT2D eigenvalue weighted by atomic mass is 9.86. The molecule has 1 aliphatic rings. The van der Waals surface area contributed by atoms with Crippen molar-refractivity contribution in [2.75, 3.05) is 13.2 Å². The highest BCUT2D eigenvalue weighted by atomic mass is 19.1. The van der Waals surface area contributed by atoms with E-state index in [9.17, 15) is 14.3 Å². The second-order valence-electron chi connectivity index (χ2n) is 4.68. The SMILES string of the molecule is N[C@H](c1cc(C(=O)O)cc(F)c1O)C1CCOCC1. The Morgan fingerprint density at radius 1 is 1.42 bits per heavy atom. The number of aromatic hydroxyl groups is 1. The van der Waals surface area contributed by atoms with E-state index in [2.05, 4.69) is 0 Å². The van der Waals surface area contributed by atoms with Crippen LogP contribution in [0, 0.1) is 11.7 Å². The number of hydrogen-bond donors (Lipinski definition) is 3. The first-order valence-electron chi connectivity index (χ1n) is 6.09. The number of hydrogen-bond acceptors (Lipinski definition) is 4. The fourth-order valence-corrected chi connectivity index (χ4v) is 2.33. The Labute approximate surface area is 109 Å². The summed E-state index contributed by atoms with van der Waals surface area (Å²) < 4.78 is 18.7. The van der Waals surface area contributed by atoms with Gasteiger partial charge in [-0.2, -0.15) is 0 Å². The summed E-state index contributed by atoms with van der Waals surface area (Å²) in [6.45, 7) is 1.14.